The van der Waals surface area contributed by atoms with Crippen LogP contribution in [-0.2, 0) is 4.79 Å². The van der Waals surface area contributed by atoms with Crippen LogP contribution in [0.25, 0.3) is 0 Å². The summed E-state index contributed by atoms with van der Waals surface area (Å²) in [7, 11) is 2.15. The van der Waals surface area contributed by atoms with Crippen molar-refractivity contribution < 1.29 is 4.79 Å². The van der Waals surface area contributed by atoms with Crippen molar-refractivity contribution in [1.29, 1.82) is 0 Å². The van der Waals surface area contributed by atoms with Gasteiger partial charge in [0.1, 0.15) is 0 Å². The summed E-state index contributed by atoms with van der Waals surface area (Å²) in [6.45, 7) is 4.55. The molecule has 1 aliphatic rings. The third-order valence-electron chi connectivity index (χ3n) is 6.23. The van der Waals surface area contributed by atoms with Crippen LogP contribution in [0, 0.1) is 0 Å². The molecule has 0 radical (unpaired) electrons. The summed E-state index contributed by atoms with van der Waals surface area (Å²) in [5.74, 6) is -0.314. The Hall–Kier alpha value is -2.66. The number of carbonyl (C=O) groups is 1. The van der Waals surface area contributed by atoms with Crippen molar-refractivity contribution in [2.45, 2.75) is 12.0 Å². The van der Waals surface area contributed by atoms with Gasteiger partial charge >= 0.3 is 0 Å². The molecule has 0 saturated carbocycles. The first-order valence-corrected chi connectivity index (χ1v) is 11.6. The highest BCUT2D eigenvalue weighted by Gasteiger charge is 2.27. The van der Waals surface area contributed by atoms with E-state index in [-0.39, 0.29) is 17.9 Å². The first-order valence-electron chi connectivity index (χ1n) is 11.2. The molecule has 1 amide bonds. The average molecular weight is 448 g/mol. The van der Waals surface area contributed by atoms with Gasteiger partial charge in [-0.05, 0) is 35.9 Å². The minimum absolute atomic E-state index is 0.0236. The predicted octanol–water partition coefficient (Wildman–Crippen LogP) is 4.58. The second-order valence-electron chi connectivity index (χ2n) is 8.41. The fourth-order valence-electron chi connectivity index (χ4n) is 4.36. The topological polar surface area (TPSA) is 35.6 Å². The zero-order chi connectivity index (χ0) is 22.3. The van der Waals surface area contributed by atoms with Crippen LogP contribution >= 0.6 is 11.6 Å². The Morgan fingerprint density at radius 1 is 0.812 bits per heavy atom. The minimum atomic E-state index is -0.337. The van der Waals surface area contributed by atoms with Crippen LogP contribution < -0.4 is 5.32 Å². The molecule has 3 aromatic carbocycles. The molecule has 3 aromatic rings. The van der Waals surface area contributed by atoms with Crippen LogP contribution in [0.3, 0.4) is 0 Å². The zero-order valence-corrected chi connectivity index (χ0v) is 19.2. The molecule has 0 spiro atoms. The summed E-state index contributed by atoms with van der Waals surface area (Å²) in [5.41, 5.74) is 3.17. The lowest BCUT2D eigenvalue weighted by atomic mass is 9.90. The van der Waals surface area contributed by atoms with Gasteiger partial charge in [0.25, 0.3) is 0 Å². The van der Waals surface area contributed by atoms with Gasteiger partial charge in [-0.1, -0.05) is 84.4 Å². The molecule has 166 valence electrons. The molecule has 0 unspecified atom stereocenters. The molecule has 1 fully saturated rings. The Balaban J connectivity index is 1.55. The van der Waals surface area contributed by atoms with E-state index in [1.807, 2.05) is 72.8 Å². The Morgan fingerprint density at radius 2 is 1.34 bits per heavy atom. The van der Waals surface area contributed by atoms with Crippen molar-refractivity contribution >= 4 is 17.5 Å². The van der Waals surface area contributed by atoms with Crippen molar-refractivity contribution in [2.75, 3.05) is 39.8 Å². The van der Waals surface area contributed by atoms with Crippen LogP contribution in [0.2, 0.25) is 5.02 Å². The van der Waals surface area contributed by atoms with E-state index in [1.54, 1.807) is 0 Å². The van der Waals surface area contributed by atoms with E-state index in [1.165, 1.54) is 5.56 Å². The molecule has 1 atom stereocenters. The summed E-state index contributed by atoms with van der Waals surface area (Å²) in [4.78, 5) is 18.3. The summed E-state index contributed by atoms with van der Waals surface area (Å²) in [6, 6.07) is 28.1. The van der Waals surface area contributed by atoms with Crippen LogP contribution in [-0.4, -0.2) is 55.5 Å². The molecule has 1 N–H and O–H groups in total. The number of nitrogens with zero attached hydrogens (tertiary/aromatic N) is 2. The standard InChI is InChI=1S/C27H30ClN3O/c1-30-16-18-31(19-17-30)25(21-12-14-24(28)15-13-21)20-29-27(32)26(22-8-4-2-5-9-22)23-10-6-3-7-11-23/h2-15,25-26H,16-20H2,1H3,(H,29,32)/t25-/m0/s1. The average Bonchev–Trinajstić information content (AvgIpc) is 2.83. The summed E-state index contributed by atoms with van der Waals surface area (Å²) < 4.78 is 0. The van der Waals surface area contributed by atoms with E-state index >= 15 is 0 Å². The molecular weight excluding hydrogens is 418 g/mol. The van der Waals surface area contributed by atoms with Gasteiger partial charge in [-0.15, -0.1) is 0 Å². The quantitative estimate of drug-likeness (QED) is 0.576. The van der Waals surface area contributed by atoms with Crippen molar-refractivity contribution in [1.82, 2.24) is 15.1 Å². The zero-order valence-electron chi connectivity index (χ0n) is 18.5. The third kappa shape index (κ3) is 5.57. The normalized spacial score (nSPS) is 16.1. The maximum atomic E-state index is 13.5. The van der Waals surface area contributed by atoms with E-state index in [2.05, 4.69) is 34.3 Å². The van der Waals surface area contributed by atoms with Gasteiger partial charge in [0.15, 0.2) is 0 Å². The second kappa shape index (κ2) is 10.8. The SMILES string of the molecule is CN1CCN([C@@H](CNC(=O)C(c2ccccc2)c2ccccc2)c2ccc(Cl)cc2)CC1. The van der Waals surface area contributed by atoms with Gasteiger partial charge in [0, 0.05) is 37.7 Å². The van der Waals surface area contributed by atoms with Gasteiger partial charge in [-0.2, -0.15) is 0 Å². The van der Waals surface area contributed by atoms with Crippen LogP contribution in [0.4, 0.5) is 0 Å². The first-order chi connectivity index (χ1) is 15.6. The lowest BCUT2D eigenvalue weighted by molar-refractivity contribution is -0.122. The monoisotopic (exact) mass is 447 g/mol. The summed E-state index contributed by atoms with van der Waals surface area (Å²) in [6.07, 6.45) is 0. The fraction of sp³-hybridized carbons (Fsp3) is 0.296. The number of piperazine rings is 1. The highest BCUT2D eigenvalue weighted by atomic mass is 35.5. The fourth-order valence-corrected chi connectivity index (χ4v) is 4.49. The molecule has 0 aliphatic carbocycles. The highest BCUT2D eigenvalue weighted by Crippen LogP contribution is 2.27. The number of carbonyl (C=O) groups excluding carboxylic acids is 1. The molecule has 5 heteroatoms. The second-order valence-corrected chi connectivity index (χ2v) is 8.84. The van der Waals surface area contributed by atoms with Gasteiger partial charge in [-0.3, -0.25) is 9.69 Å². The number of nitrogens with one attached hydrogen (secondary N) is 1. The van der Waals surface area contributed by atoms with Gasteiger partial charge in [0.2, 0.25) is 5.91 Å². The number of amides is 1. The van der Waals surface area contributed by atoms with E-state index < -0.39 is 0 Å². The maximum Gasteiger partial charge on any atom is 0.232 e. The van der Waals surface area contributed by atoms with Crippen LogP contribution in [0.5, 0.6) is 0 Å². The largest absolute Gasteiger partial charge is 0.353 e. The smallest absolute Gasteiger partial charge is 0.232 e. The Labute approximate surface area is 195 Å². The molecule has 32 heavy (non-hydrogen) atoms. The lowest BCUT2D eigenvalue weighted by Gasteiger charge is -2.38. The molecule has 4 rings (SSSR count). The van der Waals surface area contributed by atoms with Crippen LogP contribution in [0.1, 0.15) is 28.7 Å². The molecule has 0 aromatic heterocycles. The minimum Gasteiger partial charge on any atom is -0.353 e. The Bertz CT molecular complexity index is 947. The molecule has 1 aliphatic heterocycles. The Morgan fingerprint density at radius 3 is 1.88 bits per heavy atom. The number of hydrogen-bond acceptors (Lipinski definition) is 3. The summed E-state index contributed by atoms with van der Waals surface area (Å²) in [5, 5.41) is 4.00. The maximum absolute atomic E-state index is 13.5. The molecule has 0 bridgehead atoms. The van der Waals surface area contributed by atoms with Gasteiger partial charge < -0.3 is 10.2 Å². The van der Waals surface area contributed by atoms with Gasteiger partial charge in [-0.25, -0.2) is 0 Å². The van der Waals surface area contributed by atoms with E-state index in [9.17, 15) is 4.79 Å². The summed E-state index contributed by atoms with van der Waals surface area (Å²) >= 11 is 6.14. The highest BCUT2D eigenvalue weighted by molar-refractivity contribution is 6.30. The third-order valence-corrected chi connectivity index (χ3v) is 6.48. The van der Waals surface area contributed by atoms with E-state index in [0.29, 0.717) is 6.54 Å². The first kappa shape index (κ1) is 22.5. The molecule has 1 saturated heterocycles. The molecule has 1 heterocycles. The predicted molar refractivity (Wildman–Crippen MR) is 131 cm³/mol. The van der Waals surface area contributed by atoms with E-state index in [4.69, 9.17) is 11.6 Å². The van der Waals surface area contributed by atoms with Crippen molar-refractivity contribution in [3.05, 3.63) is 107 Å². The lowest BCUT2D eigenvalue weighted by Crippen LogP contribution is -2.48. The van der Waals surface area contributed by atoms with Crippen molar-refractivity contribution in [2.24, 2.45) is 0 Å². The number of rotatable bonds is 7. The van der Waals surface area contributed by atoms with Crippen molar-refractivity contribution in [3.8, 4) is 0 Å². The van der Waals surface area contributed by atoms with Gasteiger partial charge in [0.05, 0.1) is 12.0 Å². The molecular formula is C27H30ClN3O. The number of halogens is 1. The number of hydrogen-bond donors (Lipinski definition) is 1. The van der Waals surface area contributed by atoms with E-state index in [0.717, 1.165) is 42.3 Å². The van der Waals surface area contributed by atoms with Crippen molar-refractivity contribution in [3.63, 3.8) is 0 Å². The number of likely N-dealkylation sites (N-methyl/N-ethyl adjacent to an activating group) is 1. The Kier molecular flexibility index (Phi) is 7.59. The number of benzene rings is 3. The van der Waals surface area contributed by atoms with Crippen LogP contribution in [0.15, 0.2) is 84.9 Å². The molecule has 4 nitrogen and oxygen atoms in total.